The maximum Gasteiger partial charge on any atom is 0.243 e. The molecule has 4 rings (SSSR count). The van der Waals surface area contributed by atoms with Gasteiger partial charge in [0.1, 0.15) is 6.61 Å². The Balaban J connectivity index is 1.37. The van der Waals surface area contributed by atoms with Crippen LogP contribution in [0.15, 0.2) is 33.7 Å². The van der Waals surface area contributed by atoms with Gasteiger partial charge in [0.15, 0.2) is 5.82 Å². The van der Waals surface area contributed by atoms with Crippen molar-refractivity contribution in [2.75, 3.05) is 13.1 Å². The van der Waals surface area contributed by atoms with Crippen molar-refractivity contribution in [3.05, 3.63) is 41.5 Å². The van der Waals surface area contributed by atoms with Crippen molar-refractivity contribution in [2.45, 2.75) is 69.0 Å². The average molecular weight is 406 g/mol. The highest BCUT2D eigenvalue weighted by molar-refractivity contribution is 7.89. The highest BCUT2D eigenvalue weighted by Crippen LogP contribution is 2.38. The molecule has 152 valence electrons. The number of piperidine rings is 1. The Morgan fingerprint density at radius 1 is 1.21 bits per heavy atom. The molecule has 1 saturated carbocycles. The van der Waals surface area contributed by atoms with Crippen molar-refractivity contribution in [2.24, 2.45) is 0 Å². The first-order chi connectivity index (χ1) is 13.4. The van der Waals surface area contributed by atoms with E-state index in [2.05, 4.69) is 24.0 Å². The zero-order chi connectivity index (χ0) is 19.7. The summed E-state index contributed by atoms with van der Waals surface area (Å²) in [6.45, 7) is 5.29. The molecule has 28 heavy (non-hydrogen) atoms. The molecule has 1 aliphatic heterocycles. The van der Waals surface area contributed by atoms with E-state index in [1.54, 1.807) is 12.1 Å². The standard InChI is InChI=1S/C20H27N3O4S/c1-14(2)15-7-9-18(10-8-15)28(24,25)23-11-3-4-17(12-23)26-13-19-21-20(27-22-19)16-5-6-16/h7-10,14,16-17H,3-6,11-13H2,1-2H3. The molecule has 2 aliphatic rings. The minimum absolute atomic E-state index is 0.165. The maximum absolute atomic E-state index is 13.0. The Kier molecular flexibility index (Phi) is 5.53. The number of hydrogen-bond donors (Lipinski definition) is 0. The Bertz CT molecular complexity index is 904. The van der Waals surface area contributed by atoms with Crippen molar-refractivity contribution in [1.82, 2.24) is 14.4 Å². The van der Waals surface area contributed by atoms with E-state index in [0.29, 0.717) is 41.5 Å². The van der Waals surface area contributed by atoms with Crippen LogP contribution in [0.5, 0.6) is 0 Å². The number of aromatic nitrogens is 2. The zero-order valence-electron chi connectivity index (χ0n) is 16.4. The van der Waals surface area contributed by atoms with Gasteiger partial charge >= 0.3 is 0 Å². The molecule has 1 unspecified atom stereocenters. The van der Waals surface area contributed by atoms with Gasteiger partial charge in [-0.25, -0.2) is 8.42 Å². The topological polar surface area (TPSA) is 85.5 Å². The molecule has 0 spiro atoms. The highest BCUT2D eigenvalue weighted by atomic mass is 32.2. The number of nitrogens with zero attached hydrogens (tertiary/aromatic N) is 3. The first-order valence-electron chi connectivity index (χ1n) is 9.97. The van der Waals surface area contributed by atoms with Crippen molar-refractivity contribution >= 4 is 10.0 Å². The van der Waals surface area contributed by atoms with E-state index >= 15 is 0 Å². The Labute approximate surface area is 166 Å². The normalized spacial score (nSPS) is 21.3. The van der Waals surface area contributed by atoms with Gasteiger partial charge in [-0.1, -0.05) is 31.1 Å². The third-order valence-corrected chi connectivity index (χ3v) is 7.26. The second-order valence-electron chi connectivity index (χ2n) is 7.99. The van der Waals surface area contributed by atoms with Crippen LogP contribution in [0.3, 0.4) is 0 Å². The van der Waals surface area contributed by atoms with E-state index in [4.69, 9.17) is 9.26 Å². The smallest absolute Gasteiger partial charge is 0.243 e. The number of rotatable bonds is 7. The average Bonchev–Trinajstić information content (AvgIpc) is 3.45. The summed E-state index contributed by atoms with van der Waals surface area (Å²) in [6, 6.07) is 7.19. The molecule has 1 saturated heterocycles. The van der Waals surface area contributed by atoms with Crippen LogP contribution >= 0.6 is 0 Å². The van der Waals surface area contributed by atoms with Gasteiger partial charge in [0, 0.05) is 19.0 Å². The molecule has 1 aromatic carbocycles. The summed E-state index contributed by atoms with van der Waals surface area (Å²) in [5.74, 6) is 2.01. The Hall–Kier alpha value is -1.77. The number of sulfonamides is 1. The van der Waals surface area contributed by atoms with E-state index in [9.17, 15) is 8.42 Å². The van der Waals surface area contributed by atoms with Crippen molar-refractivity contribution in [1.29, 1.82) is 0 Å². The predicted molar refractivity (Wildman–Crippen MR) is 103 cm³/mol. The summed E-state index contributed by atoms with van der Waals surface area (Å²) in [5.41, 5.74) is 1.13. The van der Waals surface area contributed by atoms with Gasteiger partial charge in [-0.15, -0.1) is 0 Å². The van der Waals surface area contributed by atoms with E-state index in [1.807, 2.05) is 12.1 Å². The second-order valence-corrected chi connectivity index (χ2v) is 9.92. The van der Waals surface area contributed by atoms with Crippen LogP contribution < -0.4 is 0 Å². The minimum atomic E-state index is -3.52. The van der Waals surface area contributed by atoms with E-state index in [-0.39, 0.29) is 12.7 Å². The number of ether oxygens (including phenoxy) is 1. The summed E-state index contributed by atoms with van der Waals surface area (Å²) in [4.78, 5) is 4.70. The molecule has 8 heteroatoms. The first-order valence-corrected chi connectivity index (χ1v) is 11.4. The minimum Gasteiger partial charge on any atom is -0.369 e. The van der Waals surface area contributed by atoms with Gasteiger partial charge in [0.2, 0.25) is 15.9 Å². The molecular weight excluding hydrogens is 378 g/mol. The van der Waals surface area contributed by atoms with Gasteiger partial charge < -0.3 is 9.26 Å². The first kappa shape index (κ1) is 19.5. The van der Waals surface area contributed by atoms with Gasteiger partial charge in [-0.2, -0.15) is 9.29 Å². The molecule has 2 heterocycles. The fourth-order valence-electron chi connectivity index (χ4n) is 3.45. The van der Waals surface area contributed by atoms with Gasteiger partial charge in [0.05, 0.1) is 11.0 Å². The number of hydrogen-bond acceptors (Lipinski definition) is 6. The fraction of sp³-hybridized carbons (Fsp3) is 0.600. The summed E-state index contributed by atoms with van der Waals surface area (Å²) in [7, 11) is -3.52. The SMILES string of the molecule is CC(C)c1ccc(S(=O)(=O)N2CCCC(OCc3noc(C4CC4)n3)C2)cc1. The molecule has 0 amide bonds. The third kappa shape index (κ3) is 4.29. The van der Waals surface area contributed by atoms with Crippen LogP contribution in [0.1, 0.15) is 68.6 Å². The zero-order valence-corrected chi connectivity index (χ0v) is 17.2. The fourth-order valence-corrected chi connectivity index (χ4v) is 4.96. The number of benzene rings is 1. The lowest BCUT2D eigenvalue weighted by Gasteiger charge is -2.31. The van der Waals surface area contributed by atoms with Gasteiger partial charge in [-0.3, -0.25) is 0 Å². The lowest BCUT2D eigenvalue weighted by atomic mass is 10.0. The van der Waals surface area contributed by atoms with Crippen LogP contribution in [0, 0.1) is 0 Å². The molecule has 0 N–H and O–H groups in total. The molecule has 7 nitrogen and oxygen atoms in total. The van der Waals surface area contributed by atoms with Crippen molar-refractivity contribution in [3.8, 4) is 0 Å². The Morgan fingerprint density at radius 3 is 2.64 bits per heavy atom. The van der Waals surface area contributed by atoms with Crippen LogP contribution in [0.25, 0.3) is 0 Å². The maximum atomic E-state index is 13.0. The lowest BCUT2D eigenvalue weighted by Crippen LogP contribution is -2.43. The van der Waals surface area contributed by atoms with Crippen LogP contribution in [-0.2, 0) is 21.4 Å². The quantitative estimate of drug-likeness (QED) is 0.701. The molecule has 0 bridgehead atoms. The Morgan fingerprint density at radius 2 is 1.96 bits per heavy atom. The van der Waals surface area contributed by atoms with E-state index in [1.165, 1.54) is 4.31 Å². The second kappa shape index (κ2) is 7.93. The van der Waals surface area contributed by atoms with Crippen molar-refractivity contribution < 1.29 is 17.7 Å². The van der Waals surface area contributed by atoms with Gasteiger partial charge in [0.25, 0.3) is 0 Å². The van der Waals surface area contributed by atoms with Crippen LogP contribution in [-0.4, -0.2) is 42.1 Å². The highest BCUT2D eigenvalue weighted by Gasteiger charge is 2.32. The summed E-state index contributed by atoms with van der Waals surface area (Å²) < 4.78 is 38.7. The van der Waals surface area contributed by atoms with Crippen LogP contribution in [0.2, 0.25) is 0 Å². The van der Waals surface area contributed by atoms with E-state index in [0.717, 1.165) is 31.2 Å². The summed E-state index contributed by atoms with van der Waals surface area (Å²) in [6.07, 6.45) is 3.65. The molecule has 1 atom stereocenters. The molecule has 2 aromatic rings. The molecule has 2 fully saturated rings. The van der Waals surface area contributed by atoms with Crippen LogP contribution in [0.4, 0.5) is 0 Å². The molecule has 1 aromatic heterocycles. The van der Waals surface area contributed by atoms with E-state index < -0.39 is 10.0 Å². The monoisotopic (exact) mass is 405 g/mol. The predicted octanol–water partition coefficient (Wildman–Crippen LogP) is 3.44. The van der Waals surface area contributed by atoms with Crippen molar-refractivity contribution in [3.63, 3.8) is 0 Å². The largest absolute Gasteiger partial charge is 0.369 e. The summed E-state index contributed by atoms with van der Waals surface area (Å²) >= 11 is 0. The third-order valence-electron chi connectivity index (χ3n) is 5.38. The molecule has 1 aliphatic carbocycles. The molecule has 0 radical (unpaired) electrons. The molecular formula is C20H27N3O4S. The van der Waals surface area contributed by atoms with Gasteiger partial charge in [-0.05, 0) is 49.3 Å². The lowest BCUT2D eigenvalue weighted by molar-refractivity contribution is 0.00438. The summed E-state index contributed by atoms with van der Waals surface area (Å²) in [5, 5.41) is 3.96.